The van der Waals surface area contributed by atoms with Gasteiger partial charge in [-0.3, -0.25) is 9.59 Å². The Morgan fingerprint density at radius 3 is 2.88 bits per heavy atom. The Hall–Kier alpha value is -3.48. The summed E-state index contributed by atoms with van der Waals surface area (Å²) >= 11 is 0. The molecule has 0 saturated heterocycles. The normalized spacial score (nSPS) is 12.2. The van der Waals surface area contributed by atoms with E-state index in [1.807, 2.05) is 6.07 Å². The molecule has 2 aromatic carbocycles. The molecular weight excluding hydrogens is 336 g/mol. The van der Waals surface area contributed by atoms with Crippen LogP contribution < -0.4 is 25.1 Å². The van der Waals surface area contributed by atoms with Gasteiger partial charge in [0.2, 0.25) is 12.4 Å². The number of carbonyl (C=O) groups excluding carboxylic acids is 1. The first-order valence-corrected chi connectivity index (χ1v) is 8.13. The molecule has 132 valence electrons. The number of hydrogen-bond donors (Lipinski definition) is 2. The fraction of sp³-hybridized carbons (Fsp3) is 0.158. The molecule has 0 unspecified atom stereocenters. The number of fused-ring (bicyclic) bond motifs is 2. The van der Waals surface area contributed by atoms with Gasteiger partial charge >= 0.3 is 0 Å². The largest absolute Gasteiger partial charge is 0.492 e. The summed E-state index contributed by atoms with van der Waals surface area (Å²) in [7, 11) is 0. The van der Waals surface area contributed by atoms with Gasteiger partial charge in [-0.2, -0.15) is 0 Å². The molecule has 0 atom stereocenters. The van der Waals surface area contributed by atoms with E-state index in [2.05, 4.69) is 10.3 Å². The van der Waals surface area contributed by atoms with Crippen LogP contribution in [-0.4, -0.2) is 30.8 Å². The van der Waals surface area contributed by atoms with E-state index < -0.39 is 0 Å². The van der Waals surface area contributed by atoms with Crippen LogP contribution in [-0.2, 0) is 0 Å². The predicted molar refractivity (Wildman–Crippen MR) is 95.0 cm³/mol. The summed E-state index contributed by atoms with van der Waals surface area (Å²) in [6.07, 6.45) is 0. The van der Waals surface area contributed by atoms with E-state index in [4.69, 9.17) is 14.2 Å². The minimum absolute atomic E-state index is 0.207. The number of pyridine rings is 1. The average Bonchev–Trinajstić information content (AvgIpc) is 3.12. The predicted octanol–water partition coefficient (Wildman–Crippen LogP) is 2.07. The lowest BCUT2D eigenvalue weighted by Crippen LogP contribution is -2.29. The van der Waals surface area contributed by atoms with Crippen molar-refractivity contribution in [3.63, 3.8) is 0 Å². The van der Waals surface area contributed by atoms with Crippen molar-refractivity contribution in [3.05, 3.63) is 64.4 Å². The molecule has 1 aliphatic rings. The summed E-state index contributed by atoms with van der Waals surface area (Å²) in [5.74, 6) is 1.64. The van der Waals surface area contributed by atoms with Crippen LogP contribution in [0.15, 0.2) is 53.3 Å². The number of rotatable bonds is 5. The first-order chi connectivity index (χ1) is 12.7. The molecule has 1 aromatic heterocycles. The molecule has 3 aromatic rings. The van der Waals surface area contributed by atoms with Gasteiger partial charge in [0.1, 0.15) is 12.4 Å². The molecule has 26 heavy (non-hydrogen) atoms. The Balaban J connectivity index is 1.38. The average molecular weight is 352 g/mol. The van der Waals surface area contributed by atoms with Crippen molar-refractivity contribution in [2.75, 3.05) is 19.9 Å². The van der Waals surface area contributed by atoms with Gasteiger partial charge in [-0.15, -0.1) is 0 Å². The third-order valence-electron chi connectivity index (χ3n) is 4.00. The van der Waals surface area contributed by atoms with Crippen molar-refractivity contribution in [1.82, 2.24) is 10.3 Å². The fourth-order valence-electron chi connectivity index (χ4n) is 2.79. The molecular formula is C19H16N2O5. The molecule has 0 bridgehead atoms. The molecule has 4 rings (SSSR count). The van der Waals surface area contributed by atoms with Crippen LogP contribution in [0, 0.1) is 0 Å². The van der Waals surface area contributed by atoms with Gasteiger partial charge in [0.25, 0.3) is 5.91 Å². The first-order valence-electron chi connectivity index (χ1n) is 8.13. The molecule has 2 heterocycles. The van der Waals surface area contributed by atoms with Gasteiger partial charge in [0.05, 0.1) is 12.1 Å². The number of ether oxygens (including phenoxy) is 3. The molecule has 2 N–H and O–H groups in total. The van der Waals surface area contributed by atoms with Crippen LogP contribution in [0.4, 0.5) is 0 Å². The third-order valence-corrected chi connectivity index (χ3v) is 4.00. The smallest absolute Gasteiger partial charge is 0.252 e. The van der Waals surface area contributed by atoms with Crippen molar-refractivity contribution < 1.29 is 19.0 Å². The van der Waals surface area contributed by atoms with E-state index in [0.29, 0.717) is 40.3 Å². The van der Waals surface area contributed by atoms with Crippen LogP contribution in [0.5, 0.6) is 17.2 Å². The second-order valence-corrected chi connectivity index (χ2v) is 5.71. The molecule has 0 saturated carbocycles. The number of aromatic amines is 1. The number of para-hydroxylation sites is 1. The Bertz CT molecular complexity index is 1030. The first kappa shape index (κ1) is 16.0. The minimum atomic E-state index is -0.318. The van der Waals surface area contributed by atoms with Gasteiger partial charge in [0, 0.05) is 23.0 Å². The van der Waals surface area contributed by atoms with E-state index in [9.17, 15) is 9.59 Å². The van der Waals surface area contributed by atoms with Crippen molar-refractivity contribution in [1.29, 1.82) is 0 Å². The highest BCUT2D eigenvalue weighted by atomic mass is 16.7. The van der Waals surface area contributed by atoms with Gasteiger partial charge in [0.15, 0.2) is 11.5 Å². The van der Waals surface area contributed by atoms with Crippen LogP contribution in [0.3, 0.4) is 0 Å². The summed E-state index contributed by atoms with van der Waals surface area (Å²) in [6, 6.07) is 13.8. The number of hydrogen-bond acceptors (Lipinski definition) is 5. The maximum Gasteiger partial charge on any atom is 0.252 e. The summed E-state index contributed by atoms with van der Waals surface area (Å²) in [4.78, 5) is 26.9. The summed E-state index contributed by atoms with van der Waals surface area (Å²) in [6.45, 7) is 0.792. The van der Waals surface area contributed by atoms with Crippen LogP contribution in [0.2, 0.25) is 0 Å². The van der Waals surface area contributed by atoms with Gasteiger partial charge in [-0.25, -0.2) is 0 Å². The summed E-state index contributed by atoms with van der Waals surface area (Å²) < 4.78 is 16.1. The maximum absolute atomic E-state index is 12.4. The quantitative estimate of drug-likeness (QED) is 0.686. The van der Waals surface area contributed by atoms with Crippen LogP contribution in [0.25, 0.3) is 10.9 Å². The van der Waals surface area contributed by atoms with Crippen molar-refractivity contribution >= 4 is 16.8 Å². The van der Waals surface area contributed by atoms with Gasteiger partial charge < -0.3 is 24.5 Å². The van der Waals surface area contributed by atoms with Crippen LogP contribution >= 0.6 is 0 Å². The van der Waals surface area contributed by atoms with Gasteiger partial charge in [-0.05, 0) is 18.2 Å². The Morgan fingerprint density at radius 1 is 1.12 bits per heavy atom. The van der Waals surface area contributed by atoms with E-state index in [1.165, 1.54) is 6.07 Å². The lowest BCUT2D eigenvalue weighted by molar-refractivity contribution is 0.0948. The zero-order valence-corrected chi connectivity index (χ0v) is 13.8. The number of H-pyrrole nitrogens is 1. The maximum atomic E-state index is 12.4. The summed E-state index contributed by atoms with van der Waals surface area (Å²) in [5.41, 5.74) is 0.652. The topological polar surface area (TPSA) is 89.7 Å². The molecule has 0 aliphatic carbocycles. The Morgan fingerprint density at radius 2 is 1.96 bits per heavy atom. The third kappa shape index (κ3) is 3.19. The molecule has 1 aliphatic heterocycles. The SMILES string of the molecule is O=C(NCCOc1ccc2c(c1)OCO2)c1cc(=O)[nH]c2ccccc12. The van der Waals surface area contributed by atoms with E-state index in [1.54, 1.807) is 36.4 Å². The molecule has 7 nitrogen and oxygen atoms in total. The molecule has 7 heteroatoms. The second-order valence-electron chi connectivity index (χ2n) is 5.71. The highest BCUT2D eigenvalue weighted by molar-refractivity contribution is 6.05. The lowest BCUT2D eigenvalue weighted by Gasteiger charge is -2.09. The summed E-state index contributed by atoms with van der Waals surface area (Å²) in [5, 5.41) is 3.46. The Kier molecular flexibility index (Phi) is 4.18. The lowest BCUT2D eigenvalue weighted by atomic mass is 10.1. The minimum Gasteiger partial charge on any atom is -0.492 e. The van der Waals surface area contributed by atoms with Crippen molar-refractivity contribution in [2.45, 2.75) is 0 Å². The second kappa shape index (κ2) is 6.79. The molecule has 1 amide bonds. The van der Waals surface area contributed by atoms with Crippen LogP contribution in [0.1, 0.15) is 10.4 Å². The highest BCUT2D eigenvalue weighted by Gasteiger charge is 2.14. The van der Waals surface area contributed by atoms with E-state index >= 15 is 0 Å². The molecule has 0 spiro atoms. The Labute approximate surface area is 148 Å². The van der Waals surface area contributed by atoms with Gasteiger partial charge in [-0.1, -0.05) is 18.2 Å². The fourth-order valence-corrected chi connectivity index (χ4v) is 2.79. The zero-order chi connectivity index (χ0) is 17.9. The van der Waals surface area contributed by atoms with Crippen molar-refractivity contribution in [2.24, 2.45) is 0 Å². The van der Waals surface area contributed by atoms with E-state index in [0.717, 1.165) is 0 Å². The molecule has 0 fully saturated rings. The zero-order valence-electron chi connectivity index (χ0n) is 13.8. The number of carbonyl (C=O) groups is 1. The number of nitrogens with one attached hydrogen (secondary N) is 2. The highest BCUT2D eigenvalue weighted by Crippen LogP contribution is 2.34. The number of amides is 1. The molecule has 0 radical (unpaired) electrons. The van der Waals surface area contributed by atoms with E-state index in [-0.39, 0.29) is 24.9 Å². The number of benzene rings is 2. The standard InChI is InChI=1S/C19H16N2O5/c22-18-10-14(13-3-1-2-4-15(13)21-18)19(23)20-7-8-24-12-5-6-16-17(9-12)26-11-25-16/h1-6,9-10H,7-8,11H2,(H,20,23)(H,21,22). The number of aromatic nitrogens is 1. The van der Waals surface area contributed by atoms with Crippen molar-refractivity contribution in [3.8, 4) is 17.2 Å². The monoisotopic (exact) mass is 352 g/mol.